The molecule has 460 valence electrons. The van der Waals surface area contributed by atoms with Gasteiger partial charge in [0, 0.05) is 19.3 Å². The van der Waals surface area contributed by atoms with Crippen molar-refractivity contribution in [1.29, 1.82) is 0 Å². The van der Waals surface area contributed by atoms with E-state index in [0.29, 0.717) is 19.3 Å². The van der Waals surface area contributed by atoms with Crippen LogP contribution in [0.25, 0.3) is 0 Å². The predicted octanol–water partition coefficient (Wildman–Crippen LogP) is 23.9. The van der Waals surface area contributed by atoms with E-state index in [-0.39, 0.29) is 37.5 Å². The van der Waals surface area contributed by atoms with Crippen LogP contribution < -0.4 is 0 Å². The number of rotatable bonds is 64. The van der Waals surface area contributed by atoms with Crippen molar-refractivity contribution in [3.63, 3.8) is 0 Å². The average Bonchev–Trinajstić information content (AvgIpc) is 3.45. The quantitative estimate of drug-likeness (QED) is 0.0261. The fourth-order valence-electron chi connectivity index (χ4n) is 10.3. The predicted molar refractivity (Wildman–Crippen MR) is 344 cm³/mol. The Hall–Kier alpha value is -2.89. The third-order valence-corrected chi connectivity index (χ3v) is 15.5. The van der Waals surface area contributed by atoms with E-state index in [9.17, 15) is 14.4 Å². The van der Waals surface area contributed by atoms with Gasteiger partial charge in [0.25, 0.3) is 0 Å². The molecule has 0 aromatic carbocycles. The first-order valence-electron chi connectivity index (χ1n) is 34.8. The maximum absolute atomic E-state index is 12.9. The van der Waals surface area contributed by atoms with Crippen LogP contribution in [0.3, 0.4) is 0 Å². The zero-order chi connectivity index (χ0) is 57.1. The molecule has 0 aromatic rings. The third kappa shape index (κ3) is 65.8. The van der Waals surface area contributed by atoms with Gasteiger partial charge in [-0.3, -0.25) is 14.4 Å². The average molecular weight is 1110 g/mol. The van der Waals surface area contributed by atoms with Crippen LogP contribution in [0, 0.1) is 0 Å². The highest BCUT2D eigenvalue weighted by Gasteiger charge is 2.19. The summed E-state index contributed by atoms with van der Waals surface area (Å²) in [5.74, 6) is -0.922. The second kappa shape index (κ2) is 67.6. The number of ether oxygens (including phenoxy) is 3. The molecule has 1 unspecified atom stereocenters. The van der Waals surface area contributed by atoms with Gasteiger partial charge in [-0.05, 0) is 83.5 Å². The van der Waals surface area contributed by atoms with E-state index in [1.807, 2.05) is 0 Å². The van der Waals surface area contributed by atoms with Gasteiger partial charge in [-0.1, -0.05) is 326 Å². The van der Waals surface area contributed by atoms with E-state index >= 15 is 0 Å². The van der Waals surface area contributed by atoms with Crippen LogP contribution in [0.15, 0.2) is 60.8 Å². The largest absolute Gasteiger partial charge is 0.462 e. The summed E-state index contributed by atoms with van der Waals surface area (Å²) in [6.45, 7) is 6.53. The maximum atomic E-state index is 12.9. The zero-order valence-electron chi connectivity index (χ0n) is 52.9. The van der Waals surface area contributed by atoms with Crippen LogP contribution in [-0.2, 0) is 28.6 Å². The summed E-state index contributed by atoms with van der Waals surface area (Å²) in [6.07, 6.45) is 87.0. The van der Waals surface area contributed by atoms with E-state index < -0.39 is 6.10 Å². The van der Waals surface area contributed by atoms with Crippen LogP contribution in [0.5, 0.6) is 0 Å². The molecule has 0 fully saturated rings. The summed E-state index contributed by atoms with van der Waals surface area (Å²) in [4.78, 5) is 38.3. The second-order valence-corrected chi connectivity index (χ2v) is 23.4. The Kier molecular flexibility index (Phi) is 65.1. The molecule has 6 heteroatoms. The Morgan fingerprint density at radius 1 is 0.266 bits per heavy atom. The number of unbranched alkanes of at least 4 members (excludes halogenated alkanes) is 43. The van der Waals surface area contributed by atoms with Crippen molar-refractivity contribution in [3.05, 3.63) is 60.8 Å². The molecule has 0 saturated carbocycles. The highest BCUT2D eigenvalue weighted by molar-refractivity contribution is 5.71. The fraction of sp³-hybridized carbons (Fsp3) is 0.822. The van der Waals surface area contributed by atoms with Crippen LogP contribution in [0.1, 0.15) is 367 Å². The lowest BCUT2D eigenvalue weighted by Crippen LogP contribution is -2.30. The van der Waals surface area contributed by atoms with Gasteiger partial charge < -0.3 is 14.2 Å². The molecule has 0 aliphatic heterocycles. The van der Waals surface area contributed by atoms with Crippen molar-refractivity contribution in [2.75, 3.05) is 13.2 Å². The molecule has 0 spiro atoms. The summed E-state index contributed by atoms with van der Waals surface area (Å²) in [7, 11) is 0. The minimum absolute atomic E-state index is 0.0905. The first-order chi connectivity index (χ1) is 39.0. The van der Waals surface area contributed by atoms with Crippen LogP contribution in [0.4, 0.5) is 0 Å². The Labute approximate surface area is 491 Å². The molecule has 0 rings (SSSR count). The molecule has 0 bridgehead atoms. The summed E-state index contributed by atoms with van der Waals surface area (Å²) in [5.41, 5.74) is 0. The molecule has 6 nitrogen and oxygen atoms in total. The summed E-state index contributed by atoms with van der Waals surface area (Å²) in [5, 5.41) is 0. The Morgan fingerprint density at radius 3 is 0.810 bits per heavy atom. The van der Waals surface area contributed by atoms with Gasteiger partial charge >= 0.3 is 17.9 Å². The molecule has 0 aliphatic carbocycles. The van der Waals surface area contributed by atoms with Crippen molar-refractivity contribution in [2.24, 2.45) is 0 Å². The van der Waals surface area contributed by atoms with Gasteiger partial charge in [0.1, 0.15) is 13.2 Å². The topological polar surface area (TPSA) is 78.9 Å². The third-order valence-electron chi connectivity index (χ3n) is 15.5. The molecule has 0 N–H and O–H groups in total. The molecule has 0 aliphatic rings. The number of carbonyl (C=O) groups excluding carboxylic acids is 3. The molecule has 0 amide bonds. The molecular formula is C73H132O6. The lowest BCUT2D eigenvalue weighted by molar-refractivity contribution is -0.167. The summed E-state index contributed by atoms with van der Waals surface area (Å²) >= 11 is 0. The normalized spacial score (nSPS) is 12.4. The van der Waals surface area contributed by atoms with Gasteiger partial charge in [-0.15, -0.1) is 0 Å². The van der Waals surface area contributed by atoms with E-state index in [1.165, 1.54) is 238 Å². The molecule has 0 aromatic heterocycles. The fourth-order valence-corrected chi connectivity index (χ4v) is 10.3. The van der Waals surface area contributed by atoms with Crippen molar-refractivity contribution >= 4 is 17.9 Å². The van der Waals surface area contributed by atoms with Crippen LogP contribution in [-0.4, -0.2) is 37.2 Å². The standard InChI is InChI=1S/C73H132O6/c1-4-7-10-13-16-19-22-25-28-29-30-31-32-33-34-35-36-37-38-39-40-41-42-43-46-48-51-54-57-60-63-66-72(75)78-69-70(79-73(76)67-64-61-58-55-52-49-45-27-24-21-18-15-12-9-6-3)68-77-71(74)65-62-59-56-53-50-47-44-26-23-20-17-14-11-8-5-2/h9,12,18,21,26-27,44-45,52,55,70H,4-8,10-11,13-17,19-20,22-25,28-43,46-51,53-54,56-69H2,1-3H3/b12-9-,21-18-,44-26-,45-27-,55-52-. The van der Waals surface area contributed by atoms with Crippen LogP contribution >= 0.6 is 0 Å². The first-order valence-corrected chi connectivity index (χ1v) is 34.8. The van der Waals surface area contributed by atoms with E-state index in [0.717, 1.165) is 83.5 Å². The second-order valence-electron chi connectivity index (χ2n) is 23.4. The van der Waals surface area contributed by atoms with Crippen molar-refractivity contribution < 1.29 is 28.6 Å². The van der Waals surface area contributed by atoms with Gasteiger partial charge in [-0.2, -0.15) is 0 Å². The number of allylic oxidation sites excluding steroid dienone is 10. The smallest absolute Gasteiger partial charge is 0.306 e. The highest BCUT2D eigenvalue weighted by atomic mass is 16.6. The number of esters is 3. The summed E-state index contributed by atoms with van der Waals surface area (Å²) in [6, 6.07) is 0. The maximum Gasteiger partial charge on any atom is 0.306 e. The lowest BCUT2D eigenvalue weighted by atomic mass is 10.0. The van der Waals surface area contributed by atoms with Crippen molar-refractivity contribution in [2.45, 2.75) is 374 Å². The SMILES string of the molecule is CC/C=C\C/C=C\C/C=C\C/C=C\CCCCC(=O)OC(COC(=O)CCCCCCC/C=C\CCCCCCCC)COC(=O)CCCCCCCCCCCCCCCCCCCCCCCCCCCCCCCCC. The Balaban J connectivity index is 4.17. The van der Waals surface area contributed by atoms with E-state index in [4.69, 9.17) is 14.2 Å². The van der Waals surface area contributed by atoms with Gasteiger partial charge in [0.15, 0.2) is 6.10 Å². The van der Waals surface area contributed by atoms with Crippen molar-refractivity contribution in [3.8, 4) is 0 Å². The molecule has 0 radical (unpaired) electrons. The monoisotopic (exact) mass is 1110 g/mol. The first kappa shape index (κ1) is 76.1. The minimum Gasteiger partial charge on any atom is -0.462 e. The van der Waals surface area contributed by atoms with Crippen LogP contribution in [0.2, 0.25) is 0 Å². The zero-order valence-corrected chi connectivity index (χ0v) is 52.9. The molecular weight excluding hydrogens is 973 g/mol. The summed E-state index contributed by atoms with van der Waals surface area (Å²) < 4.78 is 16.9. The molecule has 79 heavy (non-hydrogen) atoms. The van der Waals surface area contributed by atoms with E-state index in [2.05, 4.69) is 81.5 Å². The Morgan fingerprint density at radius 2 is 0.494 bits per heavy atom. The molecule has 0 heterocycles. The van der Waals surface area contributed by atoms with Gasteiger partial charge in [-0.25, -0.2) is 0 Å². The number of hydrogen-bond donors (Lipinski definition) is 0. The highest BCUT2D eigenvalue weighted by Crippen LogP contribution is 2.18. The van der Waals surface area contributed by atoms with Gasteiger partial charge in [0.2, 0.25) is 0 Å². The van der Waals surface area contributed by atoms with Crippen molar-refractivity contribution in [1.82, 2.24) is 0 Å². The number of carbonyl (C=O) groups is 3. The number of hydrogen-bond acceptors (Lipinski definition) is 6. The molecule has 0 saturated heterocycles. The Bertz CT molecular complexity index is 1410. The van der Waals surface area contributed by atoms with Gasteiger partial charge in [0.05, 0.1) is 0 Å². The lowest BCUT2D eigenvalue weighted by Gasteiger charge is -2.18. The minimum atomic E-state index is -0.799. The molecule has 1 atom stereocenters. The van der Waals surface area contributed by atoms with E-state index in [1.54, 1.807) is 0 Å².